The molecular weight excluding hydrogens is 762 g/mol. The van der Waals surface area contributed by atoms with Crippen molar-refractivity contribution >= 4 is 79.9 Å². The summed E-state index contributed by atoms with van der Waals surface area (Å²) in [6.45, 7) is -0.866. The third-order valence-corrected chi connectivity index (χ3v) is 9.92. The zero-order valence-corrected chi connectivity index (χ0v) is 35.0. The molecule has 0 radical (unpaired) electrons. The summed E-state index contributed by atoms with van der Waals surface area (Å²) in [5, 5.41) is 10.2. The molecule has 4 rings (SSSR count). The van der Waals surface area contributed by atoms with Gasteiger partial charge in [0.15, 0.2) is 9.84 Å². The Kier molecular flexibility index (Phi) is 16.7. The van der Waals surface area contributed by atoms with Gasteiger partial charge in [-0.2, -0.15) is 5.11 Å². The van der Waals surface area contributed by atoms with Crippen molar-refractivity contribution in [3.8, 4) is 0 Å². The molecule has 0 bridgehead atoms. The summed E-state index contributed by atoms with van der Waals surface area (Å²) in [5.74, 6) is -1.40. The van der Waals surface area contributed by atoms with Crippen LogP contribution in [-0.4, -0.2) is 65.6 Å². The average Bonchev–Trinajstić information content (AvgIpc) is 2.95. The molecule has 4 aromatic rings. The predicted octanol–water partition coefficient (Wildman–Crippen LogP) is -6.84. The molecule has 0 aromatic heterocycles. The van der Waals surface area contributed by atoms with Crippen LogP contribution in [0, 0.1) is 0 Å². The number of nitrogens with two attached hydrogens (primary N) is 1. The van der Waals surface area contributed by atoms with Gasteiger partial charge >= 0.3 is 88.7 Å². The summed E-state index contributed by atoms with van der Waals surface area (Å²) in [6.07, 6.45) is 0. The predicted molar refractivity (Wildman–Crippen MR) is 157 cm³/mol. The molecular formula is C25H19N4Na3O13S4. The van der Waals surface area contributed by atoms with Crippen LogP contribution in [0.2, 0.25) is 0 Å². The maximum atomic E-state index is 12.7. The molecule has 4 aromatic carbocycles. The van der Waals surface area contributed by atoms with Crippen molar-refractivity contribution in [3.63, 3.8) is 0 Å². The molecule has 0 aliphatic heterocycles. The molecule has 0 aliphatic rings. The van der Waals surface area contributed by atoms with E-state index in [1.165, 1.54) is 36.4 Å². The first kappa shape index (κ1) is 45.7. The van der Waals surface area contributed by atoms with E-state index in [2.05, 4.69) is 19.7 Å². The van der Waals surface area contributed by atoms with E-state index in [0.717, 1.165) is 36.4 Å². The minimum atomic E-state index is -5.21. The van der Waals surface area contributed by atoms with E-state index < -0.39 is 74.2 Å². The summed E-state index contributed by atoms with van der Waals surface area (Å²) < 4.78 is 130. The van der Waals surface area contributed by atoms with Crippen molar-refractivity contribution in [2.24, 2.45) is 10.2 Å². The fourth-order valence-electron chi connectivity index (χ4n) is 3.92. The second-order valence-corrected chi connectivity index (χ2v) is 15.1. The number of benzene rings is 4. The Hall–Kier alpha value is -1.35. The number of anilines is 2. The van der Waals surface area contributed by atoms with E-state index >= 15 is 0 Å². The Bertz CT molecular complexity index is 2320. The Balaban J connectivity index is 0.00000400. The number of amides is 1. The molecule has 0 atom stereocenters. The van der Waals surface area contributed by atoms with Crippen molar-refractivity contribution < 1.29 is 145 Å². The molecule has 1 amide bonds. The van der Waals surface area contributed by atoms with Gasteiger partial charge in [0.05, 0.1) is 38.4 Å². The number of carbonyl (C=O) groups excluding carboxylic acids is 1. The minimum Gasteiger partial charge on any atom is -0.744 e. The number of hydrogen-bond donors (Lipinski definition) is 2. The van der Waals surface area contributed by atoms with Crippen LogP contribution in [0.5, 0.6) is 0 Å². The molecule has 3 N–H and O–H groups in total. The van der Waals surface area contributed by atoms with Gasteiger partial charge < -0.3 is 24.7 Å². The van der Waals surface area contributed by atoms with Gasteiger partial charge in [-0.15, -0.1) is 5.11 Å². The van der Waals surface area contributed by atoms with Crippen LogP contribution in [0.25, 0.3) is 10.8 Å². The van der Waals surface area contributed by atoms with Crippen LogP contribution in [0.4, 0.5) is 22.7 Å². The maximum Gasteiger partial charge on any atom is 1.00 e. The summed E-state index contributed by atoms with van der Waals surface area (Å²) in [4.78, 5) is 10.9. The number of nitrogens with zero attached hydrogens (tertiary/aromatic N) is 2. The van der Waals surface area contributed by atoms with Gasteiger partial charge in [-0.1, -0.05) is 6.07 Å². The summed E-state index contributed by atoms with van der Waals surface area (Å²) >= 11 is 0. The molecule has 0 spiro atoms. The van der Waals surface area contributed by atoms with Crippen molar-refractivity contribution in [1.29, 1.82) is 0 Å². The number of fused-ring (bicyclic) bond motifs is 1. The third kappa shape index (κ3) is 12.4. The smallest absolute Gasteiger partial charge is 0.744 e. The summed E-state index contributed by atoms with van der Waals surface area (Å²) in [7, 11) is -19.1. The minimum absolute atomic E-state index is 0. The van der Waals surface area contributed by atoms with E-state index in [0.29, 0.717) is 0 Å². The Morgan fingerprint density at radius 3 is 1.84 bits per heavy atom. The molecule has 0 saturated carbocycles. The van der Waals surface area contributed by atoms with Crippen LogP contribution in [0.15, 0.2) is 97.7 Å². The van der Waals surface area contributed by atoms with Gasteiger partial charge in [0.2, 0.25) is 10.4 Å². The number of nitrogen functional groups attached to an aromatic ring is 1. The second kappa shape index (κ2) is 17.9. The van der Waals surface area contributed by atoms with E-state index in [4.69, 9.17) is 5.73 Å². The number of carbonyl (C=O) groups is 1. The Morgan fingerprint density at radius 2 is 1.31 bits per heavy atom. The Labute approximate surface area is 347 Å². The van der Waals surface area contributed by atoms with Crippen molar-refractivity contribution in [2.45, 2.75) is 14.7 Å². The van der Waals surface area contributed by atoms with Crippen LogP contribution in [0.3, 0.4) is 0 Å². The van der Waals surface area contributed by atoms with Crippen molar-refractivity contribution in [3.05, 3.63) is 78.4 Å². The fraction of sp³-hybridized carbons (Fsp3) is 0.0800. The molecule has 244 valence electrons. The number of sulfone groups is 1. The number of hydrogen-bond acceptors (Lipinski definition) is 16. The quantitative estimate of drug-likeness (QED) is 0.0470. The largest absolute Gasteiger partial charge is 1.00 e. The zero-order chi connectivity index (χ0) is 34.1. The van der Waals surface area contributed by atoms with Gasteiger partial charge in [0, 0.05) is 16.6 Å². The molecule has 24 heteroatoms. The summed E-state index contributed by atoms with van der Waals surface area (Å²) in [6, 6.07) is 13.9. The first-order chi connectivity index (χ1) is 21.2. The molecule has 0 unspecified atom stereocenters. The van der Waals surface area contributed by atoms with E-state index in [1.54, 1.807) is 0 Å². The molecule has 0 heterocycles. The standard InChI is InChI=1S/C25H22N4O13S4.3Na/c26-23-21-10-9-20(44(33,34)35)13-16(21)14-22(45(36,37)38)24(23)29-28-18-3-1-15(2-4-18)25(30)27-17-5-7-19(8-6-17)43(31,32)12-11-42-46(39,40)41;;;/h1-10,13-14H,11-12,26H2,(H,27,30)(H,33,34,35)(H,36,37,38)(H,39,40,41);;;/q;3*+1/p-3. The first-order valence-corrected chi connectivity index (χ1v) is 18.1. The number of nitrogens with one attached hydrogen (secondary N) is 1. The van der Waals surface area contributed by atoms with E-state index in [9.17, 15) is 52.1 Å². The van der Waals surface area contributed by atoms with Crippen LogP contribution < -0.4 is 99.7 Å². The summed E-state index contributed by atoms with van der Waals surface area (Å²) in [5.41, 5.74) is 5.59. The molecule has 0 fully saturated rings. The maximum absolute atomic E-state index is 12.7. The monoisotopic (exact) mass is 780 g/mol. The van der Waals surface area contributed by atoms with E-state index in [-0.39, 0.29) is 127 Å². The van der Waals surface area contributed by atoms with E-state index in [1.807, 2.05) is 0 Å². The Morgan fingerprint density at radius 1 is 0.735 bits per heavy atom. The first-order valence-electron chi connectivity index (χ1n) is 12.3. The van der Waals surface area contributed by atoms with Crippen LogP contribution in [-0.2, 0) is 44.7 Å². The second-order valence-electron chi connectivity index (χ2n) is 9.20. The fourth-order valence-corrected chi connectivity index (χ4v) is 6.57. The van der Waals surface area contributed by atoms with Crippen LogP contribution in [0.1, 0.15) is 10.4 Å². The topological polar surface area (TPSA) is 295 Å². The third-order valence-electron chi connectivity index (χ3n) is 6.09. The van der Waals surface area contributed by atoms with Gasteiger partial charge in [-0.25, -0.2) is 33.7 Å². The normalized spacial score (nSPS) is 12.1. The molecule has 0 saturated heterocycles. The van der Waals surface area contributed by atoms with Crippen molar-refractivity contribution in [1.82, 2.24) is 0 Å². The number of rotatable bonds is 11. The van der Waals surface area contributed by atoms with Crippen molar-refractivity contribution in [2.75, 3.05) is 23.4 Å². The average molecular weight is 781 g/mol. The zero-order valence-electron chi connectivity index (χ0n) is 25.8. The number of azo groups is 1. The van der Waals surface area contributed by atoms with Crippen LogP contribution >= 0.6 is 0 Å². The van der Waals surface area contributed by atoms with Gasteiger partial charge in [-0.3, -0.25) is 8.98 Å². The molecule has 17 nitrogen and oxygen atoms in total. The molecule has 0 aliphatic carbocycles. The SMILES string of the molecule is Nc1c(N=Nc2ccc(C(=O)Nc3ccc(S(=O)(=O)CCOS(=O)(=O)[O-])cc3)cc2)c(S(=O)(=O)[O-])cc2cc(S(=O)(=O)[O-])ccc12.[Na+].[Na+].[Na+]. The van der Waals surface area contributed by atoms with Gasteiger partial charge in [-0.05, 0) is 72.1 Å². The molecule has 49 heavy (non-hydrogen) atoms. The van der Waals surface area contributed by atoms with Gasteiger partial charge in [0.25, 0.3) is 5.91 Å². The van der Waals surface area contributed by atoms with Gasteiger partial charge in [0.1, 0.15) is 25.9 Å².